The van der Waals surface area contributed by atoms with Crippen molar-refractivity contribution < 1.29 is 27.8 Å². The third kappa shape index (κ3) is 4.73. The number of likely N-dealkylation sites (tertiary alicyclic amines) is 1. The third-order valence-electron chi connectivity index (χ3n) is 6.32. The van der Waals surface area contributed by atoms with Crippen LogP contribution in [-0.2, 0) is 6.54 Å². The number of hydrazone groups is 1. The Balaban J connectivity index is 1.26. The van der Waals surface area contributed by atoms with Crippen molar-refractivity contribution in [1.29, 1.82) is 0 Å². The zero-order valence-corrected chi connectivity index (χ0v) is 20.1. The van der Waals surface area contributed by atoms with Gasteiger partial charge in [-0.05, 0) is 31.5 Å². The number of hydrogen-bond acceptors (Lipinski definition) is 7. The number of amides is 2. The number of hydrogen-bond donors (Lipinski definition) is 1. The molecule has 1 atom stereocenters. The van der Waals surface area contributed by atoms with Gasteiger partial charge >= 0.3 is 6.03 Å². The van der Waals surface area contributed by atoms with Crippen LogP contribution in [0, 0.1) is 31.3 Å². The van der Waals surface area contributed by atoms with Crippen LogP contribution in [-0.4, -0.2) is 72.8 Å². The maximum atomic E-state index is 14.5. The number of aryl methyl sites for hydroxylation is 1. The second-order valence-corrected chi connectivity index (χ2v) is 8.86. The maximum Gasteiger partial charge on any atom is 0.341 e. The second-order valence-electron chi connectivity index (χ2n) is 8.86. The standard InChI is InChI=1S/C24H24F3N7O3/c1-13-21(14(2)33(31-13)5-6-35)22-28-10-19(27)23(30-22)37-18-11-32(12-18)24(36)34-20(3-4-29-34)15-7-16(25)9-17(26)8-15/h4,7-10,18,20,35H,3,5-6,11-12H2,1-2H3. The molecule has 0 spiro atoms. The summed E-state index contributed by atoms with van der Waals surface area (Å²) in [5.41, 5.74) is 2.28. The van der Waals surface area contributed by atoms with Crippen LogP contribution in [0.5, 0.6) is 5.88 Å². The lowest BCUT2D eigenvalue weighted by Crippen LogP contribution is -2.59. The number of nitrogens with zero attached hydrogens (tertiary/aromatic N) is 7. The highest BCUT2D eigenvalue weighted by Gasteiger charge is 2.39. The molecule has 37 heavy (non-hydrogen) atoms. The van der Waals surface area contributed by atoms with Gasteiger partial charge in [-0.15, -0.1) is 0 Å². The Hall–Kier alpha value is -4.00. The molecule has 2 amide bonds. The van der Waals surface area contributed by atoms with Crippen LogP contribution in [0.2, 0.25) is 0 Å². The van der Waals surface area contributed by atoms with Gasteiger partial charge in [-0.25, -0.2) is 23.6 Å². The van der Waals surface area contributed by atoms with Gasteiger partial charge < -0.3 is 14.7 Å². The molecule has 1 unspecified atom stereocenters. The van der Waals surface area contributed by atoms with Crippen LogP contribution < -0.4 is 4.74 Å². The first kappa shape index (κ1) is 24.7. The molecule has 0 radical (unpaired) electrons. The predicted molar refractivity (Wildman–Crippen MR) is 125 cm³/mol. The fraction of sp³-hybridized carbons (Fsp3) is 0.375. The normalized spacial score (nSPS) is 17.4. The Labute approximate surface area is 210 Å². The number of aliphatic hydroxyl groups excluding tert-OH is 1. The molecule has 0 saturated carbocycles. The van der Waals surface area contributed by atoms with Crippen LogP contribution in [0.25, 0.3) is 11.4 Å². The Bertz CT molecular complexity index is 1350. The number of carbonyl (C=O) groups is 1. The molecule has 5 rings (SSSR count). The Morgan fingerprint density at radius 2 is 1.89 bits per heavy atom. The number of halogens is 3. The van der Waals surface area contributed by atoms with Gasteiger partial charge in [-0.3, -0.25) is 4.68 Å². The smallest absolute Gasteiger partial charge is 0.341 e. The molecule has 3 aromatic rings. The highest BCUT2D eigenvalue weighted by molar-refractivity contribution is 5.79. The van der Waals surface area contributed by atoms with E-state index in [0.717, 1.165) is 18.0 Å². The lowest BCUT2D eigenvalue weighted by Gasteiger charge is -2.40. The first-order valence-corrected chi connectivity index (χ1v) is 11.7. The first-order valence-electron chi connectivity index (χ1n) is 11.7. The minimum Gasteiger partial charge on any atom is -0.468 e. The van der Waals surface area contributed by atoms with Crippen molar-refractivity contribution in [1.82, 2.24) is 29.7 Å². The average molecular weight is 515 g/mol. The molecule has 194 valence electrons. The number of benzene rings is 1. The van der Waals surface area contributed by atoms with Gasteiger partial charge in [-0.2, -0.15) is 19.6 Å². The van der Waals surface area contributed by atoms with E-state index in [2.05, 4.69) is 20.2 Å². The summed E-state index contributed by atoms with van der Waals surface area (Å²) < 4.78 is 49.2. The van der Waals surface area contributed by atoms with E-state index < -0.39 is 35.6 Å². The number of ether oxygens (including phenoxy) is 1. The maximum absolute atomic E-state index is 14.5. The average Bonchev–Trinajstić information content (AvgIpc) is 3.41. The van der Waals surface area contributed by atoms with Crippen molar-refractivity contribution in [3.8, 4) is 17.3 Å². The van der Waals surface area contributed by atoms with E-state index >= 15 is 0 Å². The van der Waals surface area contributed by atoms with E-state index in [9.17, 15) is 23.1 Å². The molecule has 1 N–H and O–H groups in total. The zero-order valence-electron chi connectivity index (χ0n) is 20.1. The van der Waals surface area contributed by atoms with Gasteiger partial charge in [0, 0.05) is 24.4 Å². The second kappa shape index (κ2) is 9.81. The lowest BCUT2D eigenvalue weighted by atomic mass is 10.0. The van der Waals surface area contributed by atoms with Crippen molar-refractivity contribution in [2.45, 2.75) is 39.0 Å². The molecule has 2 aromatic heterocycles. The van der Waals surface area contributed by atoms with Gasteiger partial charge in [-0.1, -0.05) is 0 Å². The van der Waals surface area contributed by atoms with E-state index in [1.165, 1.54) is 28.3 Å². The van der Waals surface area contributed by atoms with Crippen LogP contribution in [0.3, 0.4) is 0 Å². The Kier molecular flexibility index (Phi) is 6.54. The monoisotopic (exact) mass is 515 g/mol. The molecule has 0 bridgehead atoms. The predicted octanol–water partition coefficient (Wildman–Crippen LogP) is 2.98. The molecular weight excluding hydrogens is 491 g/mol. The van der Waals surface area contributed by atoms with Crippen molar-refractivity contribution in [2.24, 2.45) is 5.10 Å². The minimum absolute atomic E-state index is 0.0838. The topological polar surface area (TPSA) is 109 Å². The van der Waals surface area contributed by atoms with Crippen LogP contribution in [0.4, 0.5) is 18.0 Å². The van der Waals surface area contributed by atoms with E-state index in [1.807, 2.05) is 0 Å². The molecule has 0 aliphatic carbocycles. The Morgan fingerprint density at radius 3 is 2.59 bits per heavy atom. The number of aromatic nitrogens is 4. The van der Waals surface area contributed by atoms with Crippen molar-refractivity contribution in [3.63, 3.8) is 0 Å². The third-order valence-corrected chi connectivity index (χ3v) is 6.32. The summed E-state index contributed by atoms with van der Waals surface area (Å²) in [5.74, 6) is -2.22. The van der Waals surface area contributed by atoms with Crippen LogP contribution in [0.1, 0.15) is 29.4 Å². The van der Waals surface area contributed by atoms with Crippen molar-refractivity contribution >= 4 is 12.2 Å². The SMILES string of the molecule is Cc1nn(CCO)c(C)c1-c1ncc(F)c(OC2CN(C(=O)N3N=CCC3c3cc(F)cc(F)c3)C2)n1. The molecule has 1 aromatic carbocycles. The summed E-state index contributed by atoms with van der Waals surface area (Å²) in [6.07, 6.45) is 2.34. The van der Waals surface area contributed by atoms with Gasteiger partial charge in [0.15, 0.2) is 5.82 Å². The van der Waals surface area contributed by atoms with E-state index in [1.54, 1.807) is 18.5 Å². The number of rotatable bonds is 6. The molecule has 10 nitrogen and oxygen atoms in total. The fourth-order valence-corrected chi connectivity index (χ4v) is 4.50. The van der Waals surface area contributed by atoms with Gasteiger partial charge in [0.25, 0.3) is 5.88 Å². The van der Waals surface area contributed by atoms with Gasteiger partial charge in [0.1, 0.15) is 17.7 Å². The summed E-state index contributed by atoms with van der Waals surface area (Å²) in [4.78, 5) is 22.8. The highest BCUT2D eigenvalue weighted by atomic mass is 19.1. The van der Waals surface area contributed by atoms with Crippen molar-refractivity contribution in [3.05, 3.63) is 58.8 Å². The summed E-state index contributed by atoms with van der Waals surface area (Å²) in [5, 5.41) is 18.9. The summed E-state index contributed by atoms with van der Waals surface area (Å²) in [6.45, 7) is 4.10. The summed E-state index contributed by atoms with van der Waals surface area (Å²) in [7, 11) is 0. The van der Waals surface area contributed by atoms with E-state index in [4.69, 9.17) is 4.74 Å². The quantitative estimate of drug-likeness (QED) is 0.541. The van der Waals surface area contributed by atoms with Gasteiger partial charge in [0.2, 0.25) is 5.82 Å². The van der Waals surface area contributed by atoms with Gasteiger partial charge in [0.05, 0.1) is 49.7 Å². The largest absolute Gasteiger partial charge is 0.468 e. The minimum atomic E-state index is -0.746. The number of carbonyl (C=O) groups excluding carboxylic acids is 1. The molecule has 1 fully saturated rings. The fourth-order valence-electron chi connectivity index (χ4n) is 4.50. The molecule has 13 heteroatoms. The highest BCUT2D eigenvalue weighted by Crippen LogP contribution is 2.32. The molecule has 1 saturated heterocycles. The van der Waals surface area contributed by atoms with Crippen LogP contribution in [0.15, 0.2) is 29.5 Å². The lowest BCUT2D eigenvalue weighted by molar-refractivity contribution is 0.0230. The summed E-state index contributed by atoms with van der Waals surface area (Å²) in [6, 6.07) is 2.05. The number of urea groups is 1. The van der Waals surface area contributed by atoms with E-state index in [-0.39, 0.29) is 31.4 Å². The summed E-state index contributed by atoms with van der Waals surface area (Å²) >= 11 is 0. The van der Waals surface area contributed by atoms with Crippen LogP contribution >= 0.6 is 0 Å². The zero-order chi connectivity index (χ0) is 26.3. The molecule has 4 heterocycles. The Morgan fingerprint density at radius 1 is 1.16 bits per heavy atom. The molecule has 2 aliphatic heterocycles. The number of aliphatic hydroxyl groups is 1. The molecular formula is C24H24F3N7O3. The van der Waals surface area contributed by atoms with E-state index in [0.29, 0.717) is 29.8 Å². The van der Waals surface area contributed by atoms with Crippen molar-refractivity contribution in [2.75, 3.05) is 19.7 Å². The molecule has 2 aliphatic rings. The first-order chi connectivity index (χ1) is 17.7.